The molecular formula is C14H12ClN3O3. The van der Waals surface area contributed by atoms with E-state index in [-0.39, 0.29) is 11.4 Å². The molecule has 0 unspecified atom stereocenters. The number of nitrogens with two attached hydrogens (primary N) is 1. The number of aliphatic carboxylic acids is 1. The quantitative estimate of drug-likeness (QED) is 0.901. The maximum absolute atomic E-state index is 12.5. The van der Waals surface area contributed by atoms with Crippen molar-refractivity contribution >= 4 is 34.9 Å². The van der Waals surface area contributed by atoms with Crippen molar-refractivity contribution < 1.29 is 14.7 Å². The Morgan fingerprint density at radius 3 is 2.67 bits per heavy atom. The Morgan fingerprint density at radius 2 is 2.05 bits per heavy atom. The number of nitrogen functional groups attached to an aromatic ring is 1. The summed E-state index contributed by atoms with van der Waals surface area (Å²) in [6.45, 7) is -0.519. The lowest BCUT2D eigenvalue weighted by atomic mass is 10.2. The minimum absolute atomic E-state index is 0.00118. The van der Waals surface area contributed by atoms with E-state index in [4.69, 9.17) is 22.4 Å². The van der Waals surface area contributed by atoms with Gasteiger partial charge in [-0.2, -0.15) is 0 Å². The molecule has 21 heavy (non-hydrogen) atoms. The lowest BCUT2D eigenvalue weighted by molar-refractivity contribution is -0.135. The molecular weight excluding hydrogens is 294 g/mol. The summed E-state index contributed by atoms with van der Waals surface area (Å²) in [5.74, 6) is -1.75. The average Bonchev–Trinajstić information content (AvgIpc) is 2.44. The maximum Gasteiger partial charge on any atom is 0.323 e. The zero-order valence-corrected chi connectivity index (χ0v) is 11.6. The molecule has 3 N–H and O–H groups in total. The predicted molar refractivity (Wildman–Crippen MR) is 79.4 cm³/mol. The molecule has 1 amide bonds. The third-order valence-electron chi connectivity index (χ3n) is 2.70. The predicted octanol–water partition coefficient (Wildman–Crippen LogP) is 2.05. The minimum Gasteiger partial charge on any atom is -0.480 e. The van der Waals surface area contributed by atoms with Gasteiger partial charge in [-0.3, -0.25) is 14.5 Å². The van der Waals surface area contributed by atoms with Crippen molar-refractivity contribution in [3.05, 3.63) is 53.3 Å². The molecule has 7 heteroatoms. The highest BCUT2D eigenvalue weighted by Crippen LogP contribution is 2.22. The summed E-state index contributed by atoms with van der Waals surface area (Å²) in [7, 11) is 0. The lowest BCUT2D eigenvalue weighted by Crippen LogP contribution is -2.36. The number of rotatable bonds is 4. The van der Waals surface area contributed by atoms with Crippen molar-refractivity contribution in [2.75, 3.05) is 17.2 Å². The first kappa shape index (κ1) is 14.8. The fourth-order valence-electron chi connectivity index (χ4n) is 1.78. The summed E-state index contributed by atoms with van der Waals surface area (Å²) < 4.78 is 0. The van der Waals surface area contributed by atoms with Crippen molar-refractivity contribution in [2.45, 2.75) is 0 Å². The van der Waals surface area contributed by atoms with E-state index in [0.717, 1.165) is 4.90 Å². The molecule has 2 aromatic rings. The molecule has 0 spiro atoms. The van der Waals surface area contributed by atoms with Crippen LogP contribution < -0.4 is 10.6 Å². The second kappa shape index (κ2) is 6.23. The second-order valence-corrected chi connectivity index (χ2v) is 4.64. The van der Waals surface area contributed by atoms with Gasteiger partial charge < -0.3 is 10.8 Å². The highest BCUT2D eigenvalue weighted by molar-refractivity contribution is 6.31. The summed E-state index contributed by atoms with van der Waals surface area (Å²) in [6.07, 6.45) is 1.42. The molecule has 6 nitrogen and oxygen atoms in total. The number of benzene rings is 1. The van der Waals surface area contributed by atoms with Crippen molar-refractivity contribution in [2.24, 2.45) is 0 Å². The maximum atomic E-state index is 12.5. The molecule has 0 bridgehead atoms. The molecule has 1 aromatic heterocycles. The highest BCUT2D eigenvalue weighted by atomic mass is 35.5. The van der Waals surface area contributed by atoms with Crippen LogP contribution >= 0.6 is 11.6 Å². The lowest BCUT2D eigenvalue weighted by Gasteiger charge is -2.21. The first-order valence-corrected chi connectivity index (χ1v) is 6.36. The summed E-state index contributed by atoms with van der Waals surface area (Å²) >= 11 is 5.88. The summed E-state index contributed by atoms with van der Waals surface area (Å²) in [5.41, 5.74) is 6.25. The van der Waals surface area contributed by atoms with Crippen molar-refractivity contribution in [3.8, 4) is 0 Å². The molecule has 0 saturated heterocycles. The van der Waals surface area contributed by atoms with Gasteiger partial charge in [-0.1, -0.05) is 17.7 Å². The number of hydrogen-bond donors (Lipinski definition) is 2. The number of carbonyl (C=O) groups is 2. The van der Waals surface area contributed by atoms with Crippen LogP contribution in [0.5, 0.6) is 0 Å². The van der Waals surface area contributed by atoms with Crippen LogP contribution in [-0.2, 0) is 4.79 Å². The monoisotopic (exact) mass is 305 g/mol. The molecule has 0 atom stereocenters. The van der Waals surface area contributed by atoms with Gasteiger partial charge in [-0.05, 0) is 30.3 Å². The number of halogens is 1. The van der Waals surface area contributed by atoms with Crippen LogP contribution in [0.15, 0.2) is 42.6 Å². The van der Waals surface area contributed by atoms with Gasteiger partial charge in [0.25, 0.3) is 5.91 Å². The molecule has 0 radical (unpaired) electrons. The van der Waals surface area contributed by atoms with Gasteiger partial charge in [0.1, 0.15) is 6.54 Å². The molecule has 1 aromatic carbocycles. The molecule has 1 heterocycles. The molecule has 0 aliphatic rings. The van der Waals surface area contributed by atoms with E-state index in [1.54, 1.807) is 24.3 Å². The SMILES string of the molecule is Nc1cccnc1C(=O)N(CC(=O)O)c1cccc(Cl)c1. The molecule has 108 valence electrons. The zero-order valence-electron chi connectivity index (χ0n) is 10.9. The summed E-state index contributed by atoms with van der Waals surface area (Å²) in [5, 5.41) is 9.39. The van der Waals surface area contributed by atoms with Crippen LogP contribution in [0.25, 0.3) is 0 Å². The van der Waals surface area contributed by atoms with Crippen LogP contribution in [0, 0.1) is 0 Å². The standard InChI is InChI=1S/C14H12ClN3O3/c15-9-3-1-4-10(7-9)18(8-12(19)20)14(21)13-11(16)5-2-6-17-13/h1-7H,8,16H2,(H,19,20). The van der Waals surface area contributed by atoms with Crippen molar-refractivity contribution in [1.82, 2.24) is 4.98 Å². The number of nitrogens with zero attached hydrogens (tertiary/aromatic N) is 2. The third kappa shape index (κ3) is 3.49. The van der Waals surface area contributed by atoms with Gasteiger partial charge in [-0.15, -0.1) is 0 Å². The van der Waals surface area contributed by atoms with Crippen LogP contribution in [0.1, 0.15) is 10.5 Å². The topological polar surface area (TPSA) is 96.5 Å². The van der Waals surface area contributed by atoms with E-state index in [0.29, 0.717) is 10.7 Å². The van der Waals surface area contributed by atoms with E-state index >= 15 is 0 Å². The number of hydrogen-bond acceptors (Lipinski definition) is 4. The number of amides is 1. The zero-order chi connectivity index (χ0) is 15.4. The van der Waals surface area contributed by atoms with Crippen molar-refractivity contribution in [3.63, 3.8) is 0 Å². The Bertz CT molecular complexity index is 691. The minimum atomic E-state index is -1.15. The van der Waals surface area contributed by atoms with E-state index in [9.17, 15) is 9.59 Å². The van der Waals surface area contributed by atoms with Gasteiger partial charge in [0, 0.05) is 16.9 Å². The number of anilines is 2. The van der Waals surface area contributed by atoms with Gasteiger partial charge in [-0.25, -0.2) is 4.98 Å². The molecule has 0 fully saturated rings. The number of carbonyl (C=O) groups excluding carboxylic acids is 1. The van der Waals surface area contributed by atoms with Crippen LogP contribution in [0.2, 0.25) is 5.02 Å². The average molecular weight is 306 g/mol. The van der Waals surface area contributed by atoms with Gasteiger partial charge in [0.2, 0.25) is 0 Å². The van der Waals surface area contributed by atoms with Crippen LogP contribution in [-0.4, -0.2) is 28.5 Å². The van der Waals surface area contributed by atoms with Gasteiger partial charge in [0.15, 0.2) is 5.69 Å². The number of carboxylic acid groups (broad SMARTS) is 1. The Kier molecular flexibility index (Phi) is 4.39. The summed E-state index contributed by atoms with van der Waals surface area (Å²) in [4.78, 5) is 28.5. The third-order valence-corrected chi connectivity index (χ3v) is 2.93. The number of carboxylic acids is 1. The fourth-order valence-corrected chi connectivity index (χ4v) is 1.97. The number of pyridine rings is 1. The molecule has 0 aliphatic heterocycles. The van der Waals surface area contributed by atoms with E-state index in [2.05, 4.69) is 4.98 Å². The van der Waals surface area contributed by atoms with E-state index < -0.39 is 18.4 Å². The smallest absolute Gasteiger partial charge is 0.323 e. The normalized spacial score (nSPS) is 10.1. The Labute approximate surface area is 125 Å². The molecule has 0 saturated carbocycles. The Balaban J connectivity index is 2.43. The second-order valence-electron chi connectivity index (χ2n) is 4.21. The van der Waals surface area contributed by atoms with E-state index in [1.165, 1.54) is 18.3 Å². The largest absolute Gasteiger partial charge is 0.480 e. The van der Waals surface area contributed by atoms with Gasteiger partial charge >= 0.3 is 5.97 Å². The van der Waals surface area contributed by atoms with Crippen LogP contribution in [0.4, 0.5) is 11.4 Å². The highest BCUT2D eigenvalue weighted by Gasteiger charge is 2.23. The number of aromatic nitrogens is 1. The molecule has 0 aliphatic carbocycles. The summed E-state index contributed by atoms with van der Waals surface area (Å²) in [6, 6.07) is 9.46. The van der Waals surface area contributed by atoms with Crippen molar-refractivity contribution in [1.29, 1.82) is 0 Å². The van der Waals surface area contributed by atoms with Crippen LogP contribution in [0.3, 0.4) is 0 Å². The fraction of sp³-hybridized carbons (Fsp3) is 0.0714. The molecule has 2 rings (SSSR count). The Hall–Kier alpha value is -2.60. The van der Waals surface area contributed by atoms with E-state index in [1.807, 2.05) is 0 Å². The first-order valence-electron chi connectivity index (χ1n) is 5.99. The van der Waals surface area contributed by atoms with Gasteiger partial charge in [0.05, 0.1) is 5.69 Å². The Morgan fingerprint density at radius 1 is 1.29 bits per heavy atom. The first-order chi connectivity index (χ1) is 9.99.